The normalized spacial score (nSPS) is 12.9. The fourth-order valence-corrected chi connectivity index (χ4v) is 3.86. The van der Waals surface area contributed by atoms with E-state index in [-0.39, 0.29) is 0 Å². The highest BCUT2D eigenvalue weighted by Crippen LogP contribution is 2.25. The maximum Gasteiger partial charge on any atom is 0.160 e. The molecule has 0 saturated heterocycles. The van der Waals surface area contributed by atoms with Crippen molar-refractivity contribution in [3.63, 3.8) is 0 Å². The van der Waals surface area contributed by atoms with Gasteiger partial charge in [0.1, 0.15) is 11.3 Å². The average molecular weight is 320 g/mol. The summed E-state index contributed by atoms with van der Waals surface area (Å²) in [7, 11) is 0. The van der Waals surface area contributed by atoms with E-state index < -0.39 is 0 Å². The second-order valence-electron chi connectivity index (χ2n) is 5.25. The van der Waals surface area contributed by atoms with Crippen LogP contribution in [0.2, 0.25) is 0 Å². The summed E-state index contributed by atoms with van der Waals surface area (Å²) in [6.07, 6.45) is 3.59. The second-order valence-corrected chi connectivity index (χ2v) is 7.00. The van der Waals surface area contributed by atoms with Gasteiger partial charge in [0.15, 0.2) is 5.65 Å². The number of alkyl halides is 1. The van der Waals surface area contributed by atoms with Crippen molar-refractivity contribution >= 4 is 34.1 Å². The topological polar surface area (TPSA) is 30.7 Å². The number of fused-ring (bicyclic) bond motifs is 1. The lowest BCUT2D eigenvalue weighted by Gasteiger charge is -2.16. The van der Waals surface area contributed by atoms with Crippen LogP contribution >= 0.6 is 22.9 Å². The Morgan fingerprint density at radius 3 is 2.90 bits per heavy atom. The molecule has 0 aliphatic carbocycles. The quantitative estimate of drug-likeness (QED) is 0.653. The lowest BCUT2D eigenvalue weighted by Crippen LogP contribution is -2.12. The van der Waals surface area contributed by atoms with Gasteiger partial charge >= 0.3 is 0 Å². The molecule has 0 aromatic carbocycles. The molecule has 0 bridgehead atoms. The molecule has 1 unspecified atom stereocenters. The van der Waals surface area contributed by atoms with Gasteiger partial charge in [0.2, 0.25) is 0 Å². The Hall–Kier alpha value is -1.39. The molecule has 3 rings (SSSR count). The number of imidazole rings is 1. The minimum absolute atomic E-state index is 0.321. The summed E-state index contributed by atoms with van der Waals surface area (Å²) in [6.45, 7) is 4.37. The van der Waals surface area contributed by atoms with E-state index in [4.69, 9.17) is 11.6 Å². The highest BCUT2D eigenvalue weighted by molar-refractivity contribution is 7.11. The molecule has 3 nitrogen and oxygen atoms in total. The Labute approximate surface area is 133 Å². The smallest absolute Gasteiger partial charge is 0.160 e. The van der Waals surface area contributed by atoms with E-state index in [9.17, 15) is 0 Å². The standard InChI is InChI=1S/C16H18ClN3S/c1-11(10-13-6-5-12(2)21-13)20-15(7-8-17)19-14-4-3-9-18-16(14)20/h3-6,9,11H,7-8,10H2,1-2H3. The van der Waals surface area contributed by atoms with E-state index in [1.165, 1.54) is 9.75 Å². The summed E-state index contributed by atoms with van der Waals surface area (Å²) in [5.74, 6) is 1.60. The summed E-state index contributed by atoms with van der Waals surface area (Å²) < 4.78 is 2.24. The van der Waals surface area contributed by atoms with Gasteiger partial charge in [0, 0.05) is 40.7 Å². The number of aromatic nitrogens is 3. The van der Waals surface area contributed by atoms with Crippen molar-refractivity contribution in [3.05, 3.63) is 46.0 Å². The monoisotopic (exact) mass is 319 g/mol. The lowest BCUT2D eigenvalue weighted by atomic mass is 10.2. The van der Waals surface area contributed by atoms with Crippen molar-refractivity contribution in [2.75, 3.05) is 5.88 Å². The third-order valence-electron chi connectivity index (χ3n) is 3.57. The Morgan fingerprint density at radius 2 is 2.19 bits per heavy atom. The largest absolute Gasteiger partial charge is 0.309 e. The summed E-state index contributed by atoms with van der Waals surface area (Å²) >= 11 is 7.79. The third-order valence-corrected chi connectivity index (χ3v) is 4.79. The van der Waals surface area contributed by atoms with Gasteiger partial charge < -0.3 is 4.57 Å². The number of hydrogen-bond acceptors (Lipinski definition) is 3. The first-order chi connectivity index (χ1) is 10.2. The fraction of sp³-hybridized carbons (Fsp3) is 0.375. The number of halogens is 1. The molecule has 0 N–H and O–H groups in total. The van der Waals surface area contributed by atoms with E-state index in [0.717, 1.165) is 29.8 Å². The van der Waals surface area contributed by atoms with E-state index in [1.807, 2.05) is 29.7 Å². The van der Waals surface area contributed by atoms with Crippen LogP contribution in [-0.4, -0.2) is 20.4 Å². The van der Waals surface area contributed by atoms with Crippen LogP contribution in [-0.2, 0) is 12.8 Å². The molecule has 110 valence electrons. The zero-order valence-electron chi connectivity index (χ0n) is 12.2. The SMILES string of the molecule is Cc1ccc(CC(C)n2c(CCCl)nc3cccnc32)s1. The molecule has 0 saturated carbocycles. The van der Waals surface area contributed by atoms with E-state index >= 15 is 0 Å². The van der Waals surface area contributed by atoms with Crippen LogP contribution < -0.4 is 0 Å². The lowest BCUT2D eigenvalue weighted by molar-refractivity contribution is 0.538. The van der Waals surface area contributed by atoms with Gasteiger partial charge in [-0.3, -0.25) is 0 Å². The molecule has 5 heteroatoms. The Bertz CT molecular complexity index is 747. The second kappa shape index (κ2) is 6.16. The van der Waals surface area contributed by atoms with Gasteiger partial charge in [0.05, 0.1) is 0 Å². The van der Waals surface area contributed by atoms with Crippen molar-refractivity contribution in [2.24, 2.45) is 0 Å². The number of hydrogen-bond donors (Lipinski definition) is 0. The highest BCUT2D eigenvalue weighted by atomic mass is 35.5. The number of rotatable bonds is 5. The van der Waals surface area contributed by atoms with Crippen molar-refractivity contribution in [2.45, 2.75) is 32.7 Å². The van der Waals surface area contributed by atoms with E-state index in [1.54, 1.807) is 0 Å². The summed E-state index contributed by atoms with van der Waals surface area (Å²) in [6, 6.07) is 8.65. The van der Waals surface area contributed by atoms with Crippen LogP contribution in [0.5, 0.6) is 0 Å². The molecule has 1 atom stereocenters. The first-order valence-corrected chi connectivity index (χ1v) is 8.47. The number of pyridine rings is 1. The summed E-state index contributed by atoms with van der Waals surface area (Å²) in [5.41, 5.74) is 1.91. The molecular weight excluding hydrogens is 302 g/mol. The number of thiophene rings is 1. The zero-order valence-corrected chi connectivity index (χ0v) is 13.8. The van der Waals surface area contributed by atoms with Gasteiger partial charge in [0.25, 0.3) is 0 Å². The Morgan fingerprint density at radius 1 is 1.33 bits per heavy atom. The van der Waals surface area contributed by atoms with Gasteiger partial charge in [-0.2, -0.15) is 0 Å². The molecule has 0 radical (unpaired) electrons. The Balaban J connectivity index is 1.98. The van der Waals surface area contributed by atoms with Gasteiger partial charge in [-0.05, 0) is 38.1 Å². The van der Waals surface area contributed by atoms with Crippen LogP contribution in [0.25, 0.3) is 11.2 Å². The van der Waals surface area contributed by atoms with Gasteiger partial charge in [-0.1, -0.05) is 0 Å². The van der Waals surface area contributed by atoms with Crippen LogP contribution in [0.15, 0.2) is 30.5 Å². The molecule has 0 spiro atoms. The van der Waals surface area contributed by atoms with E-state index in [0.29, 0.717) is 11.9 Å². The first kappa shape index (κ1) is 14.5. The molecule has 3 aromatic heterocycles. The molecular formula is C16H18ClN3S. The van der Waals surface area contributed by atoms with Gasteiger partial charge in [-0.25, -0.2) is 9.97 Å². The molecule has 0 aliphatic rings. The highest BCUT2D eigenvalue weighted by Gasteiger charge is 2.17. The van der Waals surface area contributed by atoms with Crippen molar-refractivity contribution in [1.82, 2.24) is 14.5 Å². The summed E-state index contributed by atoms with van der Waals surface area (Å²) in [5, 5.41) is 0. The van der Waals surface area contributed by atoms with Crippen molar-refractivity contribution in [3.8, 4) is 0 Å². The Kier molecular flexibility index (Phi) is 4.27. The van der Waals surface area contributed by atoms with Gasteiger partial charge in [-0.15, -0.1) is 22.9 Å². The number of nitrogens with zero attached hydrogens (tertiary/aromatic N) is 3. The molecule has 21 heavy (non-hydrogen) atoms. The zero-order chi connectivity index (χ0) is 14.8. The minimum Gasteiger partial charge on any atom is -0.309 e. The van der Waals surface area contributed by atoms with E-state index in [2.05, 4.69) is 40.5 Å². The average Bonchev–Trinajstić information content (AvgIpc) is 3.02. The minimum atomic E-state index is 0.321. The molecule has 0 fully saturated rings. The van der Waals surface area contributed by atoms with Crippen LogP contribution in [0.4, 0.5) is 0 Å². The molecule has 3 heterocycles. The predicted molar refractivity (Wildman–Crippen MR) is 89.4 cm³/mol. The predicted octanol–water partition coefficient (Wildman–Crippen LogP) is 4.39. The first-order valence-electron chi connectivity index (χ1n) is 7.12. The maximum atomic E-state index is 5.93. The number of aryl methyl sites for hydroxylation is 2. The third kappa shape index (κ3) is 2.97. The van der Waals surface area contributed by atoms with Crippen LogP contribution in [0, 0.1) is 6.92 Å². The molecule has 3 aromatic rings. The summed E-state index contributed by atoms with van der Waals surface area (Å²) in [4.78, 5) is 12.0. The van der Waals surface area contributed by atoms with Crippen molar-refractivity contribution < 1.29 is 0 Å². The van der Waals surface area contributed by atoms with Crippen molar-refractivity contribution in [1.29, 1.82) is 0 Å². The molecule has 0 aliphatic heterocycles. The van der Waals surface area contributed by atoms with Crippen LogP contribution in [0.1, 0.15) is 28.5 Å². The maximum absolute atomic E-state index is 5.93. The van der Waals surface area contributed by atoms with Crippen LogP contribution in [0.3, 0.4) is 0 Å². The fourth-order valence-electron chi connectivity index (χ4n) is 2.68. The molecule has 0 amide bonds.